The van der Waals surface area contributed by atoms with Gasteiger partial charge in [0.2, 0.25) is 0 Å². The molecule has 0 aromatic heterocycles. The zero-order valence-electron chi connectivity index (χ0n) is 11.0. The molecule has 0 fully saturated rings. The molecule has 0 radical (unpaired) electrons. The Morgan fingerprint density at radius 3 is 2.95 bits per heavy atom. The fraction of sp³-hybridized carbons (Fsp3) is 0.400. The number of allylic oxidation sites excluding steroid dienone is 1. The van der Waals surface area contributed by atoms with Crippen molar-refractivity contribution in [3.8, 4) is 5.75 Å². The number of nitrogen functional groups attached to an aromatic ring is 1. The van der Waals surface area contributed by atoms with Crippen molar-refractivity contribution in [1.29, 1.82) is 0 Å². The van der Waals surface area contributed by atoms with Gasteiger partial charge in [0.05, 0.1) is 5.69 Å². The number of carbonyl (C=O) groups is 1. The van der Waals surface area contributed by atoms with E-state index >= 15 is 0 Å². The van der Waals surface area contributed by atoms with Crippen LogP contribution in [0.1, 0.15) is 25.7 Å². The third-order valence-electron chi connectivity index (χ3n) is 3.18. The molecular weight excluding hydrogens is 240 g/mol. The molecule has 0 atom stereocenters. The molecule has 0 bridgehead atoms. The molecule has 2 rings (SSSR count). The zero-order chi connectivity index (χ0) is 13.5. The second kappa shape index (κ2) is 6.83. The van der Waals surface area contributed by atoms with E-state index in [-0.39, 0.29) is 12.5 Å². The third-order valence-corrected chi connectivity index (χ3v) is 3.18. The van der Waals surface area contributed by atoms with Gasteiger partial charge in [-0.2, -0.15) is 0 Å². The Morgan fingerprint density at radius 1 is 1.37 bits per heavy atom. The lowest BCUT2D eigenvalue weighted by Gasteiger charge is -2.09. The van der Waals surface area contributed by atoms with Crippen LogP contribution < -0.4 is 15.8 Å². The number of nitrogens with two attached hydrogens (primary N) is 1. The summed E-state index contributed by atoms with van der Waals surface area (Å²) in [6.07, 6.45) is 6.82. The molecule has 4 nitrogen and oxygen atoms in total. The molecule has 0 unspecified atom stereocenters. The normalized spacial score (nSPS) is 14.0. The fourth-order valence-corrected chi connectivity index (χ4v) is 2.13. The molecule has 4 heteroatoms. The van der Waals surface area contributed by atoms with Gasteiger partial charge in [0.15, 0.2) is 6.61 Å². The minimum atomic E-state index is -0.109. The van der Waals surface area contributed by atoms with E-state index < -0.39 is 0 Å². The standard InChI is InChI=1S/C15H20N2O2/c16-13-7-3-4-8-14(13)19-11-15(18)17-10-9-12-5-1-2-6-12/h3-5,7-8H,1-2,6,9-11,16H2,(H,17,18). The average Bonchev–Trinajstić information content (AvgIpc) is 2.91. The van der Waals surface area contributed by atoms with E-state index in [2.05, 4.69) is 11.4 Å². The molecule has 1 aromatic rings. The van der Waals surface area contributed by atoms with Crippen LogP contribution in [0.5, 0.6) is 5.75 Å². The highest BCUT2D eigenvalue weighted by Crippen LogP contribution is 2.20. The third kappa shape index (κ3) is 4.32. The molecule has 0 saturated carbocycles. The molecular formula is C15H20N2O2. The first kappa shape index (κ1) is 13.5. The molecule has 3 N–H and O–H groups in total. The van der Waals surface area contributed by atoms with Crippen LogP contribution in [0, 0.1) is 0 Å². The van der Waals surface area contributed by atoms with Crippen molar-refractivity contribution in [2.24, 2.45) is 0 Å². The number of para-hydroxylation sites is 2. The van der Waals surface area contributed by atoms with Gasteiger partial charge in [-0.15, -0.1) is 0 Å². The number of ether oxygens (including phenoxy) is 1. The summed E-state index contributed by atoms with van der Waals surface area (Å²) < 4.78 is 5.37. The molecule has 1 aliphatic rings. The summed E-state index contributed by atoms with van der Waals surface area (Å²) in [7, 11) is 0. The smallest absolute Gasteiger partial charge is 0.257 e. The summed E-state index contributed by atoms with van der Waals surface area (Å²) in [6.45, 7) is 0.686. The predicted octanol–water partition coefficient (Wildman–Crippen LogP) is 2.26. The van der Waals surface area contributed by atoms with Crippen molar-refractivity contribution in [1.82, 2.24) is 5.32 Å². The van der Waals surface area contributed by atoms with E-state index in [4.69, 9.17) is 10.5 Å². The number of hydrogen-bond acceptors (Lipinski definition) is 3. The van der Waals surface area contributed by atoms with Gasteiger partial charge in [-0.25, -0.2) is 0 Å². The van der Waals surface area contributed by atoms with Crippen LogP contribution in [0.4, 0.5) is 5.69 Å². The first-order valence-electron chi connectivity index (χ1n) is 6.67. The van der Waals surface area contributed by atoms with Gasteiger partial charge in [0.1, 0.15) is 5.75 Å². The summed E-state index contributed by atoms with van der Waals surface area (Å²) in [5, 5.41) is 2.85. The highest BCUT2D eigenvalue weighted by molar-refractivity contribution is 5.77. The van der Waals surface area contributed by atoms with E-state index in [9.17, 15) is 4.79 Å². The van der Waals surface area contributed by atoms with E-state index in [0.29, 0.717) is 18.0 Å². The molecule has 0 saturated heterocycles. The van der Waals surface area contributed by atoms with Gasteiger partial charge in [-0.1, -0.05) is 23.8 Å². The van der Waals surface area contributed by atoms with Crippen molar-refractivity contribution >= 4 is 11.6 Å². The Bertz CT molecular complexity index is 469. The average molecular weight is 260 g/mol. The Kier molecular flexibility index (Phi) is 4.84. The molecule has 0 heterocycles. The van der Waals surface area contributed by atoms with E-state index in [1.807, 2.05) is 12.1 Å². The van der Waals surface area contributed by atoms with Gasteiger partial charge in [-0.3, -0.25) is 4.79 Å². The quantitative estimate of drug-likeness (QED) is 0.609. The van der Waals surface area contributed by atoms with Crippen LogP contribution in [-0.4, -0.2) is 19.1 Å². The molecule has 0 spiro atoms. The summed E-state index contributed by atoms with van der Waals surface area (Å²) in [5.41, 5.74) is 7.73. The van der Waals surface area contributed by atoms with Gasteiger partial charge in [0.25, 0.3) is 5.91 Å². The molecule has 0 aliphatic heterocycles. The number of rotatable bonds is 6. The second-order valence-corrected chi connectivity index (χ2v) is 4.68. The first-order valence-corrected chi connectivity index (χ1v) is 6.67. The number of benzene rings is 1. The van der Waals surface area contributed by atoms with Gasteiger partial charge < -0.3 is 15.8 Å². The highest BCUT2D eigenvalue weighted by atomic mass is 16.5. The SMILES string of the molecule is Nc1ccccc1OCC(=O)NCCC1=CCCC1. The maximum atomic E-state index is 11.6. The number of amides is 1. The van der Waals surface area contributed by atoms with Crippen molar-refractivity contribution < 1.29 is 9.53 Å². The topological polar surface area (TPSA) is 64.3 Å². The van der Waals surface area contributed by atoms with E-state index in [0.717, 1.165) is 6.42 Å². The Morgan fingerprint density at radius 2 is 2.21 bits per heavy atom. The van der Waals surface area contributed by atoms with E-state index in [1.165, 1.54) is 24.8 Å². The molecule has 102 valence electrons. The summed E-state index contributed by atoms with van der Waals surface area (Å²) in [6, 6.07) is 7.17. The van der Waals surface area contributed by atoms with Crippen LogP contribution in [-0.2, 0) is 4.79 Å². The van der Waals surface area contributed by atoms with Crippen LogP contribution >= 0.6 is 0 Å². The lowest BCUT2D eigenvalue weighted by atomic mass is 10.2. The van der Waals surface area contributed by atoms with Crippen molar-refractivity contribution in [2.45, 2.75) is 25.7 Å². The van der Waals surface area contributed by atoms with Crippen molar-refractivity contribution in [2.75, 3.05) is 18.9 Å². The predicted molar refractivity (Wildman–Crippen MR) is 75.9 cm³/mol. The Hall–Kier alpha value is -1.97. The Labute approximate surface area is 113 Å². The summed E-state index contributed by atoms with van der Waals surface area (Å²) >= 11 is 0. The molecule has 1 aromatic carbocycles. The van der Waals surface area contributed by atoms with Gasteiger partial charge in [-0.05, 0) is 37.8 Å². The molecule has 1 aliphatic carbocycles. The highest BCUT2D eigenvalue weighted by Gasteiger charge is 2.07. The largest absolute Gasteiger partial charge is 0.482 e. The second-order valence-electron chi connectivity index (χ2n) is 4.68. The van der Waals surface area contributed by atoms with Crippen LogP contribution in [0.2, 0.25) is 0 Å². The lowest BCUT2D eigenvalue weighted by molar-refractivity contribution is -0.123. The number of nitrogens with one attached hydrogen (secondary N) is 1. The first-order chi connectivity index (χ1) is 9.25. The lowest BCUT2D eigenvalue weighted by Crippen LogP contribution is -2.29. The van der Waals surface area contributed by atoms with Crippen LogP contribution in [0.25, 0.3) is 0 Å². The molecule has 19 heavy (non-hydrogen) atoms. The zero-order valence-corrected chi connectivity index (χ0v) is 11.0. The van der Waals surface area contributed by atoms with Crippen molar-refractivity contribution in [3.05, 3.63) is 35.9 Å². The van der Waals surface area contributed by atoms with Gasteiger partial charge >= 0.3 is 0 Å². The van der Waals surface area contributed by atoms with Gasteiger partial charge in [0, 0.05) is 6.54 Å². The number of carbonyl (C=O) groups excluding carboxylic acids is 1. The maximum Gasteiger partial charge on any atom is 0.257 e. The Balaban J connectivity index is 1.66. The van der Waals surface area contributed by atoms with Crippen LogP contribution in [0.15, 0.2) is 35.9 Å². The van der Waals surface area contributed by atoms with Crippen molar-refractivity contribution in [3.63, 3.8) is 0 Å². The molecule has 1 amide bonds. The fourth-order valence-electron chi connectivity index (χ4n) is 2.13. The summed E-state index contributed by atoms with van der Waals surface area (Å²) in [4.78, 5) is 11.6. The minimum Gasteiger partial charge on any atom is -0.482 e. The minimum absolute atomic E-state index is 0.00720. The number of anilines is 1. The van der Waals surface area contributed by atoms with E-state index in [1.54, 1.807) is 12.1 Å². The summed E-state index contributed by atoms with van der Waals surface area (Å²) in [5.74, 6) is 0.443. The van der Waals surface area contributed by atoms with Crippen LogP contribution in [0.3, 0.4) is 0 Å². The number of hydrogen-bond donors (Lipinski definition) is 2. The maximum absolute atomic E-state index is 11.6. The monoisotopic (exact) mass is 260 g/mol.